The lowest BCUT2D eigenvalue weighted by atomic mass is 9.80. The fraction of sp³-hybridized carbons (Fsp3) is 0.833. The minimum atomic E-state index is 0.0324. The summed E-state index contributed by atoms with van der Waals surface area (Å²) in [6.07, 6.45) is 12.0. The monoisotopic (exact) mass is 291 g/mol. The molecule has 1 N–H and O–H groups in total. The molecule has 0 aromatic rings. The third-order valence-corrected chi connectivity index (χ3v) is 4.36. The van der Waals surface area contributed by atoms with Crippen LogP contribution in [0.5, 0.6) is 0 Å². The van der Waals surface area contributed by atoms with Crippen LogP contribution in [0.4, 0.5) is 0 Å². The lowest BCUT2D eigenvalue weighted by molar-refractivity contribution is 0.0931. The predicted molar refractivity (Wildman–Crippen MR) is 93.0 cm³/mol. The van der Waals surface area contributed by atoms with E-state index in [2.05, 4.69) is 30.0 Å². The highest BCUT2D eigenvalue weighted by Crippen LogP contribution is 2.31. The quantitative estimate of drug-likeness (QED) is 0.639. The second-order valence-corrected chi connectivity index (χ2v) is 6.05. The molecule has 2 heterocycles. The highest BCUT2D eigenvalue weighted by Gasteiger charge is 2.42. The van der Waals surface area contributed by atoms with Gasteiger partial charge in [-0.15, -0.1) is 6.42 Å². The molecule has 2 saturated heterocycles. The maximum atomic E-state index is 5.82. The number of hydrogen-bond donors (Lipinski definition) is 1. The summed E-state index contributed by atoms with van der Waals surface area (Å²) in [7, 11) is 0. The average molecular weight is 291 g/mol. The van der Waals surface area contributed by atoms with Crippen molar-refractivity contribution in [3.8, 4) is 12.3 Å². The molecule has 0 aromatic carbocycles. The minimum Gasteiger partial charge on any atom is -0.317 e. The van der Waals surface area contributed by atoms with E-state index < -0.39 is 0 Å². The van der Waals surface area contributed by atoms with E-state index in [9.17, 15) is 0 Å². The molecule has 0 saturated carbocycles. The standard InChI is InChI=1S/C16H27N3.C2H6/c1-4-15(18-14(2)3)16(8-10-17-11-9-16)19-12-6-5-7-13-19;1-2/h1,14,17H,5-13H2,2-3H3;1-2H3. The Kier molecular flexibility index (Phi) is 8.00. The summed E-state index contributed by atoms with van der Waals surface area (Å²) in [6, 6.07) is 0.280. The molecular weight excluding hydrogens is 258 g/mol. The Labute approximate surface area is 131 Å². The van der Waals surface area contributed by atoms with Crippen LogP contribution in [0.2, 0.25) is 0 Å². The normalized spacial score (nSPS) is 23.1. The van der Waals surface area contributed by atoms with Crippen molar-refractivity contribution in [1.82, 2.24) is 10.2 Å². The van der Waals surface area contributed by atoms with Crippen molar-refractivity contribution in [2.24, 2.45) is 4.99 Å². The van der Waals surface area contributed by atoms with Crippen LogP contribution in [-0.4, -0.2) is 48.4 Å². The largest absolute Gasteiger partial charge is 0.317 e. The van der Waals surface area contributed by atoms with E-state index in [1.54, 1.807) is 0 Å². The van der Waals surface area contributed by atoms with Crippen molar-refractivity contribution in [3.63, 3.8) is 0 Å². The zero-order chi connectivity index (χ0) is 15.7. The molecule has 0 unspecified atom stereocenters. The van der Waals surface area contributed by atoms with Crippen molar-refractivity contribution in [2.75, 3.05) is 26.2 Å². The Hall–Kier alpha value is -0.850. The lowest BCUT2D eigenvalue weighted by Gasteiger charge is -2.48. The zero-order valence-electron chi connectivity index (χ0n) is 14.4. The van der Waals surface area contributed by atoms with E-state index in [0.29, 0.717) is 0 Å². The highest BCUT2D eigenvalue weighted by molar-refractivity contribution is 6.07. The SMILES string of the molecule is C#CC(=NC(C)C)C1(N2CCCCC2)CCNCC1.CC. The molecule has 2 rings (SSSR count). The molecule has 21 heavy (non-hydrogen) atoms. The van der Waals surface area contributed by atoms with Crippen LogP contribution < -0.4 is 5.32 Å². The van der Waals surface area contributed by atoms with Gasteiger partial charge in [-0.3, -0.25) is 9.89 Å². The highest BCUT2D eigenvalue weighted by atomic mass is 15.2. The van der Waals surface area contributed by atoms with Gasteiger partial charge in [-0.05, 0) is 65.7 Å². The van der Waals surface area contributed by atoms with Gasteiger partial charge in [0.2, 0.25) is 0 Å². The number of hydrogen-bond acceptors (Lipinski definition) is 3. The number of nitrogens with one attached hydrogen (secondary N) is 1. The van der Waals surface area contributed by atoms with Crippen molar-refractivity contribution in [1.29, 1.82) is 0 Å². The van der Waals surface area contributed by atoms with E-state index in [1.807, 2.05) is 13.8 Å². The van der Waals surface area contributed by atoms with E-state index in [1.165, 1.54) is 32.4 Å². The molecule has 2 aliphatic heterocycles. The van der Waals surface area contributed by atoms with Gasteiger partial charge >= 0.3 is 0 Å². The van der Waals surface area contributed by atoms with Crippen LogP contribution in [0.3, 0.4) is 0 Å². The Morgan fingerprint density at radius 3 is 2.19 bits per heavy atom. The number of rotatable bonds is 3. The smallest absolute Gasteiger partial charge is 0.105 e. The van der Waals surface area contributed by atoms with Gasteiger partial charge in [-0.1, -0.05) is 26.2 Å². The fourth-order valence-electron chi connectivity index (χ4n) is 3.42. The summed E-state index contributed by atoms with van der Waals surface area (Å²) in [5.74, 6) is 2.92. The second kappa shape index (κ2) is 9.23. The van der Waals surface area contributed by atoms with Crippen LogP contribution >= 0.6 is 0 Å². The summed E-state index contributed by atoms with van der Waals surface area (Å²) in [5, 5.41) is 3.46. The molecule has 2 fully saturated rings. The van der Waals surface area contributed by atoms with Crippen molar-refractivity contribution < 1.29 is 0 Å². The molecule has 0 spiro atoms. The molecule has 120 valence electrons. The fourth-order valence-corrected chi connectivity index (χ4v) is 3.42. The number of nitrogens with zero attached hydrogens (tertiary/aromatic N) is 2. The summed E-state index contributed by atoms with van der Waals surface area (Å²) < 4.78 is 0. The molecule has 3 nitrogen and oxygen atoms in total. The first-order valence-corrected chi connectivity index (χ1v) is 8.70. The predicted octanol–water partition coefficient (Wildman–Crippen LogP) is 3.10. The Morgan fingerprint density at radius 2 is 1.71 bits per heavy atom. The van der Waals surface area contributed by atoms with Gasteiger partial charge in [0.25, 0.3) is 0 Å². The van der Waals surface area contributed by atoms with Crippen LogP contribution in [0.1, 0.15) is 59.8 Å². The van der Waals surface area contributed by atoms with Crippen LogP contribution in [-0.2, 0) is 0 Å². The Balaban J connectivity index is 0.00000106. The first-order chi connectivity index (χ1) is 10.2. The number of likely N-dealkylation sites (tertiary alicyclic amines) is 1. The minimum absolute atomic E-state index is 0.0324. The molecular formula is C18H33N3. The summed E-state index contributed by atoms with van der Waals surface area (Å²) in [6.45, 7) is 12.7. The zero-order valence-corrected chi connectivity index (χ0v) is 14.4. The summed E-state index contributed by atoms with van der Waals surface area (Å²) >= 11 is 0. The van der Waals surface area contributed by atoms with Gasteiger partial charge in [0.05, 0.1) is 5.54 Å². The first-order valence-electron chi connectivity index (χ1n) is 8.70. The molecule has 0 atom stereocenters. The van der Waals surface area contributed by atoms with Crippen LogP contribution in [0.15, 0.2) is 4.99 Å². The van der Waals surface area contributed by atoms with Crippen LogP contribution in [0, 0.1) is 12.3 Å². The van der Waals surface area contributed by atoms with Gasteiger partial charge in [-0.2, -0.15) is 0 Å². The third kappa shape index (κ3) is 4.56. The molecule has 0 radical (unpaired) electrons. The molecule has 3 heteroatoms. The second-order valence-electron chi connectivity index (χ2n) is 6.05. The third-order valence-electron chi connectivity index (χ3n) is 4.36. The van der Waals surface area contributed by atoms with Gasteiger partial charge in [0.1, 0.15) is 5.71 Å². The van der Waals surface area contributed by atoms with Crippen molar-refractivity contribution >= 4 is 5.71 Å². The molecule has 0 bridgehead atoms. The molecule has 0 aliphatic carbocycles. The first kappa shape index (κ1) is 18.2. The summed E-state index contributed by atoms with van der Waals surface area (Å²) in [4.78, 5) is 7.40. The summed E-state index contributed by atoms with van der Waals surface area (Å²) in [5.41, 5.74) is 1.02. The van der Waals surface area contributed by atoms with Gasteiger partial charge in [0.15, 0.2) is 0 Å². The Bertz CT molecular complexity index is 353. The number of terminal acetylenes is 1. The van der Waals surface area contributed by atoms with E-state index in [4.69, 9.17) is 11.4 Å². The number of aliphatic imine (C=N–C) groups is 1. The van der Waals surface area contributed by atoms with E-state index >= 15 is 0 Å². The van der Waals surface area contributed by atoms with Gasteiger partial charge in [0, 0.05) is 6.04 Å². The van der Waals surface area contributed by atoms with Crippen LogP contribution in [0.25, 0.3) is 0 Å². The van der Waals surface area contributed by atoms with Crippen molar-refractivity contribution in [3.05, 3.63) is 0 Å². The average Bonchev–Trinajstić information content (AvgIpc) is 2.56. The topological polar surface area (TPSA) is 27.6 Å². The molecule has 0 aromatic heterocycles. The molecule has 0 amide bonds. The number of piperidine rings is 2. The lowest BCUT2D eigenvalue weighted by Crippen LogP contribution is -2.60. The van der Waals surface area contributed by atoms with E-state index in [-0.39, 0.29) is 11.6 Å². The molecule has 2 aliphatic rings. The van der Waals surface area contributed by atoms with E-state index in [0.717, 1.165) is 31.6 Å². The van der Waals surface area contributed by atoms with Crippen molar-refractivity contribution in [2.45, 2.75) is 71.4 Å². The van der Waals surface area contributed by atoms with Gasteiger partial charge in [-0.25, -0.2) is 0 Å². The maximum Gasteiger partial charge on any atom is 0.105 e. The maximum absolute atomic E-state index is 5.82. The van der Waals surface area contributed by atoms with Gasteiger partial charge < -0.3 is 5.32 Å². The Morgan fingerprint density at radius 1 is 1.14 bits per heavy atom.